The maximum Gasteiger partial charge on any atom is 0.573 e. The highest BCUT2D eigenvalue weighted by Gasteiger charge is 2.48. The Labute approximate surface area is 203 Å². The molecule has 35 heavy (non-hydrogen) atoms. The minimum Gasteiger partial charge on any atom is -0.406 e. The van der Waals surface area contributed by atoms with Gasteiger partial charge >= 0.3 is 6.36 Å². The molecule has 4 atom stereocenters. The molecular formula is C22H23ClF4N4O4. The van der Waals surface area contributed by atoms with Crippen molar-refractivity contribution in [3.63, 3.8) is 0 Å². The molecule has 0 saturated carbocycles. The van der Waals surface area contributed by atoms with Crippen molar-refractivity contribution in [2.75, 3.05) is 18.1 Å². The second-order valence-corrected chi connectivity index (χ2v) is 8.52. The van der Waals surface area contributed by atoms with Gasteiger partial charge in [0.2, 0.25) is 0 Å². The third-order valence-electron chi connectivity index (χ3n) is 5.70. The number of hydrogen-bond donors (Lipinski definition) is 1. The fraction of sp³-hybridized carbons (Fsp3) is 0.455. The summed E-state index contributed by atoms with van der Waals surface area (Å²) in [7, 11) is 0. The topological polar surface area (TPSA) is 93.6 Å². The Morgan fingerprint density at radius 2 is 1.86 bits per heavy atom. The molecule has 1 saturated heterocycles. The summed E-state index contributed by atoms with van der Waals surface area (Å²) >= 11 is 5.49. The summed E-state index contributed by atoms with van der Waals surface area (Å²) in [6.07, 6.45) is -0.663. The monoisotopic (exact) mass is 518 g/mol. The number of aromatic nitrogens is 2. The van der Waals surface area contributed by atoms with Crippen LogP contribution in [0, 0.1) is 5.92 Å². The minimum atomic E-state index is -4.94. The van der Waals surface area contributed by atoms with E-state index in [9.17, 15) is 27.2 Å². The molecule has 190 valence electrons. The number of benzene rings is 1. The van der Waals surface area contributed by atoms with E-state index in [4.69, 9.17) is 16.3 Å². The lowest BCUT2D eigenvalue weighted by Crippen LogP contribution is -2.61. The first-order valence-electron chi connectivity index (χ1n) is 10.6. The average molecular weight is 519 g/mol. The molecule has 0 radical (unpaired) electrons. The number of rotatable bonds is 7. The van der Waals surface area contributed by atoms with Crippen molar-refractivity contribution in [2.45, 2.75) is 43.8 Å². The number of halogens is 5. The third kappa shape index (κ3) is 6.17. The number of nitrogens with one attached hydrogen (secondary N) is 1. The predicted octanol–water partition coefficient (Wildman–Crippen LogP) is 3.70. The first kappa shape index (κ1) is 26.6. The van der Waals surface area contributed by atoms with E-state index in [0.717, 1.165) is 29.2 Å². The van der Waals surface area contributed by atoms with Gasteiger partial charge in [0, 0.05) is 36.3 Å². The molecule has 8 nitrogen and oxygen atoms in total. The normalized spacial score (nSPS) is 20.9. The molecule has 1 aromatic carbocycles. The van der Waals surface area contributed by atoms with Crippen molar-refractivity contribution < 1.29 is 36.6 Å². The van der Waals surface area contributed by atoms with Crippen LogP contribution < -0.4 is 15.0 Å². The predicted molar refractivity (Wildman–Crippen MR) is 117 cm³/mol. The summed E-state index contributed by atoms with van der Waals surface area (Å²) in [5, 5.41) is 2.89. The Bertz CT molecular complexity index is 1030. The molecule has 3 rings (SSSR count). The molecular weight excluding hydrogens is 496 g/mol. The van der Waals surface area contributed by atoms with Crippen LogP contribution in [-0.2, 0) is 19.9 Å². The van der Waals surface area contributed by atoms with Gasteiger partial charge in [0.1, 0.15) is 12.1 Å². The lowest BCUT2D eigenvalue weighted by molar-refractivity contribution is -0.274. The van der Waals surface area contributed by atoms with Crippen LogP contribution in [0.2, 0.25) is 0 Å². The standard InChI is InChI=1S/C22H23ClF4N4O4/c1-13-11-34-8-7-17(13)30-20(33)21(2,14-9-28-12-29-10-14)31(19(32)18(23)24)15-3-5-16(6-4-15)35-22(25,26)27/h3-6,9-10,12-13,17-18H,7-8,11H2,1-2H3,(H,30,33)/t13-,17+,18+,21-/m1/s1. The van der Waals surface area contributed by atoms with E-state index in [0.29, 0.717) is 19.6 Å². The third-order valence-corrected chi connectivity index (χ3v) is 5.89. The van der Waals surface area contributed by atoms with E-state index in [2.05, 4.69) is 20.0 Å². The van der Waals surface area contributed by atoms with Gasteiger partial charge in [-0.05, 0) is 43.5 Å². The maximum absolute atomic E-state index is 14.2. The number of anilines is 1. The molecule has 2 heterocycles. The van der Waals surface area contributed by atoms with Crippen molar-refractivity contribution in [3.8, 4) is 5.75 Å². The highest BCUT2D eigenvalue weighted by molar-refractivity contribution is 6.32. The first-order chi connectivity index (χ1) is 16.4. The molecule has 1 aliphatic heterocycles. The van der Waals surface area contributed by atoms with Gasteiger partial charge in [-0.1, -0.05) is 18.5 Å². The van der Waals surface area contributed by atoms with Crippen LogP contribution >= 0.6 is 11.6 Å². The van der Waals surface area contributed by atoms with E-state index in [1.807, 2.05) is 6.92 Å². The van der Waals surface area contributed by atoms with Gasteiger partial charge in [0.05, 0.1) is 6.61 Å². The van der Waals surface area contributed by atoms with Gasteiger partial charge in [-0.15, -0.1) is 13.2 Å². The summed E-state index contributed by atoms with van der Waals surface area (Å²) in [6, 6.07) is 3.74. The molecule has 0 aliphatic carbocycles. The summed E-state index contributed by atoms with van der Waals surface area (Å²) in [5.41, 5.74) is -4.46. The zero-order chi connectivity index (χ0) is 25.8. The fourth-order valence-electron chi connectivity index (χ4n) is 3.82. The van der Waals surface area contributed by atoms with Crippen molar-refractivity contribution in [3.05, 3.63) is 48.5 Å². The smallest absolute Gasteiger partial charge is 0.406 e. The van der Waals surface area contributed by atoms with Crippen LogP contribution in [-0.4, -0.2) is 53.0 Å². The molecule has 0 bridgehead atoms. The Morgan fingerprint density at radius 1 is 1.23 bits per heavy atom. The second kappa shape index (κ2) is 10.7. The molecule has 1 aliphatic rings. The van der Waals surface area contributed by atoms with Gasteiger partial charge in [-0.25, -0.2) is 14.4 Å². The van der Waals surface area contributed by atoms with Crippen molar-refractivity contribution in [1.82, 2.24) is 15.3 Å². The molecule has 2 amide bonds. The largest absolute Gasteiger partial charge is 0.573 e. The van der Waals surface area contributed by atoms with Gasteiger partial charge < -0.3 is 14.8 Å². The van der Waals surface area contributed by atoms with Gasteiger partial charge in [-0.2, -0.15) is 0 Å². The second-order valence-electron chi connectivity index (χ2n) is 8.14. The molecule has 1 fully saturated rings. The van der Waals surface area contributed by atoms with E-state index in [-0.39, 0.29) is 23.2 Å². The minimum absolute atomic E-state index is 0.0473. The Kier molecular flexibility index (Phi) is 8.16. The van der Waals surface area contributed by atoms with Crippen LogP contribution in [0.25, 0.3) is 0 Å². The maximum atomic E-state index is 14.2. The van der Waals surface area contributed by atoms with Gasteiger partial charge in [0.15, 0.2) is 5.54 Å². The number of carbonyl (C=O) groups excluding carboxylic acids is 2. The quantitative estimate of drug-likeness (QED) is 0.444. The zero-order valence-electron chi connectivity index (χ0n) is 18.8. The Hall–Kier alpha value is -2.99. The van der Waals surface area contributed by atoms with Crippen LogP contribution in [0.5, 0.6) is 5.75 Å². The van der Waals surface area contributed by atoms with Crippen LogP contribution in [0.4, 0.5) is 23.2 Å². The average Bonchev–Trinajstić information content (AvgIpc) is 2.81. The number of carbonyl (C=O) groups is 2. The van der Waals surface area contributed by atoms with Crippen LogP contribution in [0.1, 0.15) is 25.8 Å². The van der Waals surface area contributed by atoms with E-state index >= 15 is 0 Å². The Balaban J connectivity index is 2.08. The number of hydrogen-bond acceptors (Lipinski definition) is 6. The van der Waals surface area contributed by atoms with Crippen LogP contribution in [0.15, 0.2) is 43.0 Å². The summed E-state index contributed by atoms with van der Waals surface area (Å²) in [5.74, 6) is -2.61. The SMILES string of the molecule is C[C@@H]1COCC[C@@H]1NC(=O)[C@@](C)(c1cncnc1)N(C(=O)[C@H](F)Cl)c1ccc(OC(F)(F)F)cc1. The van der Waals surface area contributed by atoms with Crippen molar-refractivity contribution in [2.24, 2.45) is 5.92 Å². The highest BCUT2D eigenvalue weighted by atomic mass is 35.5. The zero-order valence-corrected chi connectivity index (χ0v) is 19.5. The summed E-state index contributed by atoms with van der Waals surface area (Å²) < 4.78 is 61.2. The van der Waals surface area contributed by atoms with E-state index < -0.39 is 35.1 Å². The summed E-state index contributed by atoms with van der Waals surface area (Å²) in [6.45, 7) is 4.06. The van der Waals surface area contributed by atoms with Crippen LogP contribution in [0.3, 0.4) is 0 Å². The number of alkyl halides is 5. The molecule has 1 N–H and O–H groups in total. The fourth-order valence-corrected chi connectivity index (χ4v) is 3.91. The number of amides is 2. The molecule has 13 heteroatoms. The van der Waals surface area contributed by atoms with Crippen molar-refractivity contribution >= 4 is 29.1 Å². The Morgan fingerprint density at radius 3 is 2.40 bits per heavy atom. The first-order valence-corrected chi connectivity index (χ1v) is 11.0. The van der Waals surface area contributed by atoms with E-state index in [1.54, 1.807) is 0 Å². The molecule has 0 unspecified atom stereocenters. The van der Waals surface area contributed by atoms with E-state index in [1.165, 1.54) is 25.6 Å². The number of nitrogens with zero attached hydrogens (tertiary/aromatic N) is 3. The molecule has 2 aromatic rings. The van der Waals surface area contributed by atoms with Crippen molar-refractivity contribution in [1.29, 1.82) is 0 Å². The summed E-state index contributed by atoms with van der Waals surface area (Å²) in [4.78, 5) is 35.3. The lowest BCUT2D eigenvalue weighted by Gasteiger charge is -2.42. The molecule has 0 spiro atoms. The highest BCUT2D eigenvalue weighted by Crippen LogP contribution is 2.36. The number of ether oxygens (including phenoxy) is 2. The molecule has 1 aromatic heterocycles. The lowest BCUT2D eigenvalue weighted by atomic mass is 9.88. The van der Waals surface area contributed by atoms with Gasteiger partial charge in [-0.3, -0.25) is 14.5 Å². The van der Waals surface area contributed by atoms with Gasteiger partial charge in [0.25, 0.3) is 17.4 Å².